The Kier molecular flexibility index (Phi) is 5.42. The number of aromatic nitrogens is 2. The van der Waals surface area contributed by atoms with Gasteiger partial charge in [0.25, 0.3) is 0 Å². The Morgan fingerprint density at radius 1 is 1.00 bits per heavy atom. The lowest BCUT2D eigenvalue weighted by Gasteiger charge is -2.20. The third-order valence-corrected chi connectivity index (χ3v) is 4.90. The summed E-state index contributed by atoms with van der Waals surface area (Å²) in [5.41, 5.74) is 4.28. The van der Waals surface area contributed by atoms with Crippen molar-refractivity contribution >= 4 is 28.9 Å². The van der Waals surface area contributed by atoms with Gasteiger partial charge in [0.05, 0.1) is 17.9 Å². The number of benzene rings is 2. The van der Waals surface area contributed by atoms with Crippen molar-refractivity contribution in [2.24, 2.45) is 0 Å². The van der Waals surface area contributed by atoms with Gasteiger partial charge in [-0.2, -0.15) is 4.98 Å². The monoisotopic (exact) mass is 388 g/mol. The molecule has 2 aromatic carbocycles. The summed E-state index contributed by atoms with van der Waals surface area (Å²) in [7, 11) is 0. The fourth-order valence-corrected chi connectivity index (χ4v) is 3.44. The first-order chi connectivity index (χ1) is 14.1. The number of nitrogens with one attached hydrogen (secondary N) is 2. The quantitative estimate of drug-likeness (QED) is 0.605. The van der Waals surface area contributed by atoms with Crippen molar-refractivity contribution in [2.45, 2.75) is 33.1 Å². The SMILES string of the molecule is CCOc1ccc(Nc2nc3c(c(Nc4ccccc4C)n2)C(=O)CCC3)cc1. The van der Waals surface area contributed by atoms with E-state index in [1.807, 2.05) is 62.4 Å². The largest absolute Gasteiger partial charge is 0.494 e. The summed E-state index contributed by atoms with van der Waals surface area (Å²) < 4.78 is 5.49. The number of fused-ring (bicyclic) bond motifs is 1. The molecule has 1 aliphatic carbocycles. The molecule has 148 valence electrons. The molecule has 6 nitrogen and oxygen atoms in total. The van der Waals surface area contributed by atoms with Crippen LogP contribution in [0.5, 0.6) is 5.75 Å². The topological polar surface area (TPSA) is 76.1 Å². The van der Waals surface area contributed by atoms with Gasteiger partial charge in [0.15, 0.2) is 5.78 Å². The highest BCUT2D eigenvalue weighted by molar-refractivity contribution is 6.03. The Morgan fingerprint density at radius 2 is 1.79 bits per heavy atom. The highest BCUT2D eigenvalue weighted by Crippen LogP contribution is 2.30. The number of carbonyl (C=O) groups is 1. The van der Waals surface area contributed by atoms with Gasteiger partial charge in [-0.05, 0) is 62.6 Å². The minimum Gasteiger partial charge on any atom is -0.494 e. The zero-order valence-electron chi connectivity index (χ0n) is 16.7. The number of carbonyl (C=O) groups excluding carboxylic acids is 1. The minimum absolute atomic E-state index is 0.0925. The fourth-order valence-electron chi connectivity index (χ4n) is 3.44. The molecule has 4 rings (SSSR count). The number of rotatable bonds is 6. The highest BCUT2D eigenvalue weighted by atomic mass is 16.5. The van der Waals surface area contributed by atoms with Crippen LogP contribution in [0.4, 0.5) is 23.1 Å². The smallest absolute Gasteiger partial charge is 0.229 e. The van der Waals surface area contributed by atoms with Gasteiger partial charge in [-0.25, -0.2) is 4.98 Å². The molecule has 0 unspecified atom stereocenters. The number of anilines is 4. The number of aryl methyl sites for hydroxylation is 2. The van der Waals surface area contributed by atoms with Crippen LogP contribution in [0, 0.1) is 6.92 Å². The van der Waals surface area contributed by atoms with Crippen molar-refractivity contribution in [2.75, 3.05) is 17.2 Å². The average Bonchev–Trinajstić information content (AvgIpc) is 2.71. The summed E-state index contributed by atoms with van der Waals surface area (Å²) in [4.78, 5) is 21.9. The van der Waals surface area contributed by atoms with Crippen molar-refractivity contribution in [1.82, 2.24) is 9.97 Å². The Hall–Kier alpha value is -3.41. The second-order valence-electron chi connectivity index (χ2n) is 7.02. The molecule has 0 spiro atoms. The van der Waals surface area contributed by atoms with E-state index >= 15 is 0 Å². The molecule has 0 amide bonds. The van der Waals surface area contributed by atoms with Gasteiger partial charge in [-0.15, -0.1) is 0 Å². The van der Waals surface area contributed by atoms with E-state index in [0.29, 0.717) is 30.4 Å². The highest BCUT2D eigenvalue weighted by Gasteiger charge is 2.25. The van der Waals surface area contributed by atoms with Crippen LogP contribution in [-0.4, -0.2) is 22.4 Å². The number of nitrogens with zero attached hydrogens (tertiary/aromatic N) is 2. The number of Topliss-reactive ketones (excluding diaryl/α,β-unsaturated/α-hetero) is 1. The van der Waals surface area contributed by atoms with E-state index in [0.717, 1.165) is 41.2 Å². The molecule has 1 aromatic heterocycles. The van der Waals surface area contributed by atoms with E-state index < -0.39 is 0 Å². The van der Waals surface area contributed by atoms with Gasteiger partial charge in [0.1, 0.15) is 11.6 Å². The zero-order valence-corrected chi connectivity index (χ0v) is 16.7. The first-order valence-corrected chi connectivity index (χ1v) is 9.90. The molecule has 1 aliphatic rings. The minimum atomic E-state index is 0.0925. The molecule has 0 bridgehead atoms. The van der Waals surface area contributed by atoms with E-state index in [1.165, 1.54) is 0 Å². The Morgan fingerprint density at radius 3 is 2.55 bits per heavy atom. The van der Waals surface area contributed by atoms with Crippen LogP contribution < -0.4 is 15.4 Å². The van der Waals surface area contributed by atoms with Crippen molar-refractivity contribution in [1.29, 1.82) is 0 Å². The van der Waals surface area contributed by atoms with Crippen LogP contribution in [0.15, 0.2) is 48.5 Å². The predicted molar refractivity (Wildman–Crippen MR) is 115 cm³/mol. The number of hydrogen-bond acceptors (Lipinski definition) is 6. The van der Waals surface area contributed by atoms with E-state index in [9.17, 15) is 4.79 Å². The predicted octanol–water partition coefficient (Wildman–Crippen LogP) is 5.19. The third-order valence-electron chi connectivity index (χ3n) is 4.90. The summed E-state index contributed by atoms with van der Waals surface area (Å²) in [6.45, 7) is 4.61. The molecule has 1 heterocycles. The van der Waals surface area contributed by atoms with Gasteiger partial charge in [-0.3, -0.25) is 4.79 Å². The number of hydrogen-bond donors (Lipinski definition) is 2. The van der Waals surface area contributed by atoms with Crippen LogP contribution in [0.2, 0.25) is 0 Å². The van der Waals surface area contributed by atoms with Gasteiger partial charge in [0.2, 0.25) is 5.95 Å². The summed E-state index contributed by atoms with van der Waals surface area (Å²) in [6.07, 6.45) is 2.11. The number of para-hydroxylation sites is 1. The second-order valence-corrected chi connectivity index (χ2v) is 7.02. The molecule has 2 N–H and O–H groups in total. The normalized spacial score (nSPS) is 13.0. The molecule has 0 saturated carbocycles. The van der Waals surface area contributed by atoms with Crippen LogP contribution >= 0.6 is 0 Å². The summed E-state index contributed by atoms with van der Waals surface area (Å²) in [6, 6.07) is 15.6. The van der Waals surface area contributed by atoms with Gasteiger partial charge in [0, 0.05) is 17.8 Å². The van der Waals surface area contributed by atoms with E-state index in [2.05, 4.69) is 20.6 Å². The fraction of sp³-hybridized carbons (Fsp3) is 0.261. The molecule has 0 atom stereocenters. The van der Waals surface area contributed by atoms with E-state index in [-0.39, 0.29) is 5.78 Å². The van der Waals surface area contributed by atoms with Crippen molar-refractivity contribution in [3.63, 3.8) is 0 Å². The van der Waals surface area contributed by atoms with Gasteiger partial charge < -0.3 is 15.4 Å². The molecular weight excluding hydrogens is 364 g/mol. The lowest BCUT2D eigenvalue weighted by Crippen LogP contribution is -2.18. The maximum atomic E-state index is 12.6. The second kappa shape index (κ2) is 8.31. The average molecular weight is 388 g/mol. The van der Waals surface area contributed by atoms with Crippen molar-refractivity contribution in [3.8, 4) is 5.75 Å². The molecule has 0 aliphatic heterocycles. The maximum absolute atomic E-state index is 12.6. The molecular formula is C23H24N4O2. The lowest BCUT2D eigenvalue weighted by molar-refractivity contribution is 0.0972. The Balaban J connectivity index is 1.68. The van der Waals surface area contributed by atoms with Crippen molar-refractivity contribution in [3.05, 3.63) is 65.4 Å². The molecule has 29 heavy (non-hydrogen) atoms. The summed E-state index contributed by atoms with van der Waals surface area (Å²) in [5.74, 6) is 1.94. The van der Waals surface area contributed by atoms with Crippen LogP contribution in [0.3, 0.4) is 0 Å². The molecule has 0 fully saturated rings. The van der Waals surface area contributed by atoms with Crippen LogP contribution in [-0.2, 0) is 6.42 Å². The van der Waals surface area contributed by atoms with Crippen molar-refractivity contribution < 1.29 is 9.53 Å². The van der Waals surface area contributed by atoms with Gasteiger partial charge in [-0.1, -0.05) is 18.2 Å². The molecule has 3 aromatic rings. The molecule has 0 saturated heterocycles. The Bertz CT molecular complexity index is 1030. The van der Waals surface area contributed by atoms with Gasteiger partial charge >= 0.3 is 0 Å². The van der Waals surface area contributed by atoms with Crippen LogP contribution in [0.1, 0.15) is 41.4 Å². The summed E-state index contributed by atoms with van der Waals surface area (Å²) >= 11 is 0. The first kappa shape index (κ1) is 18.9. The zero-order chi connectivity index (χ0) is 20.2. The number of ketones is 1. The van der Waals surface area contributed by atoms with Crippen LogP contribution in [0.25, 0.3) is 0 Å². The van der Waals surface area contributed by atoms with E-state index in [1.54, 1.807) is 0 Å². The van der Waals surface area contributed by atoms with E-state index in [4.69, 9.17) is 4.74 Å². The lowest BCUT2D eigenvalue weighted by atomic mass is 9.95. The molecule has 0 radical (unpaired) electrons. The Labute approximate surface area is 170 Å². The summed E-state index contributed by atoms with van der Waals surface area (Å²) in [5, 5.41) is 6.60. The standard InChI is InChI=1S/C23H24N4O2/c1-3-29-17-13-11-16(12-14-17)24-23-26-19-9-6-10-20(28)21(19)22(27-23)25-18-8-5-4-7-15(18)2/h4-5,7-8,11-14H,3,6,9-10H2,1-2H3,(H2,24,25,26,27). The maximum Gasteiger partial charge on any atom is 0.229 e. The third kappa shape index (κ3) is 4.21. The molecule has 6 heteroatoms. The first-order valence-electron chi connectivity index (χ1n) is 9.90. The number of ether oxygens (including phenoxy) is 1.